The van der Waals surface area contributed by atoms with Crippen LogP contribution >= 0.6 is 0 Å². The fourth-order valence-corrected chi connectivity index (χ4v) is 1.84. The largest absolute Gasteiger partial charge is 0.361 e. The van der Waals surface area contributed by atoms with Gasteiger partial charge in [0.15, 0.2) is 0 Å². The van der Waals surface area contributed by atoms with Crippen LogP contribution in [-0.2, 0) is 6.42 Å². The lowest BCUT2D eigenvalue weighted by Gasteiger charge is -2.11. The lowest BCUT2D eigenvalue weighted by molar-refractivity contribution is 0.392. The molecule has 1 N–H and O–H groups in total. The molecule has 0 aliphatic rings. The van der Waals surface area contributed by atoms with E-state index in [2.05, 4.69) is 24.3 Å². The SMILES string of the molecule is CCCC(C)NCCc1c(C)noc1C. The maximum atomic E-state index is 5.12. The second kappa shape index (κ2) is 5.91. The summed E-state index contributed by atoms with van der Waals surface area (Å²) < 4.78 is 5.12. The fraction of sp³-hybridized carbons (Fsp3) is 0.750. The van der Waals surface area contributed by atoms with Gasteiger partial charge in [0.25, 0.3) is 0 Å². The van der Waals surface area contributed by atoms with Crippen LogP contribution in [0.1, 0.15) is 43.7 Å². The number of nitrogens with zero attached hydrogens (tertiary/aromatic N) is 1. The van der Waals surface area contributed by atoms with Crippen LogP contribution in [0.5, 0.6) is 0 Å². The first-order valence-electron chi connectivity index (χ1n) is 5.80. The summed E-state index contributed by atoms with van der Waals surface area (Å²) in [5, 5.41) is 7.45. The van der Waals surface area contributed by atoms with E-state index in [4.69, 9.17) is 4.52 Å². The molecule has 0 aliphatic heterocycles. The summed E-state index contributed by atoms with van der Waals surface area (Å²) in [5.74, 6) is 0.956. The van der Waals surface area contributed by atoms with Gasteiger partial charge in [-0.15, -0.1) is 0 Å². The van der Waals surface area contributed by atoms with E-state index in [0.717, 1.165) is 24.4 Å². The predicted octanol–water partition coefficient (Wildman–Crippen LogP) is 2.61. The van der Waals surface area contributed by atoms with Crippen LogP contribution in [0.2, 0.25) is 0 Å². The molecule has 3 nitrogen and oxygen atoms in total. The van der Waals surface area contributed by atoms with Crippen LogP contribution in [0.3, 0.4) is 0 Å². The molecule has 86 valence electrons. The van der Waals surface area contributed by atoms with Crippen LogP contribution in [0, 0.1) is 13.8 Å². The van der Waals surface area contributed by atoms with Crippen molar-refractivity contribution in [2.45, 2.75) is 53.0 Å². The lowest BCUT2D eigenvalue weighted by atomic mass is 10.1. The summed E-state index contributed by atoms with van der Waals surface area (Å²) in [6, 6.07) is 0.607. The van der Waals surface area contributed by atoms with Gasteiger partial charge < -0.3 is 9.84 Å². The van der Waals surface area contributed by atoms with E-state index >= 15 is 0 Å². The Kier molecular flexibility index (Phi) is 4.82. The number of rotatable bonds is 6. The third kappa shape index (κ3) is 3.67. The molecular weight excluding hydrogens is 188 g/mol. The van der Waals surface area contributed by atoms with E-state index in [9.17, 15) is 0 Å². The number of hydrogen-bond donors (Lipinski definition) is 1. The van der Waals surface area contributed by atoms with Crippen LogP contribution < -0.4 is 5.32 Å². The molecule has 0 spiro atoms. The number of nitrogens with one attached hydrogen (secondary N) is 1. The Morgan fingerprint density at radius 2 is 2.13 bits per heavy atom. The first-order valence-corrected chi connectivity index (χ1v) is 5.80. The molecule has 15 heavy (non-hydrogen) atoms. The second-order valence-corrected chi connectivity index (χ2v) is 4.20. The average molecular weight is 210 g/mol. The van der Waals surface area contributed by atoms with Crippen molar-refractivity contribution in [3.05, 3.63) is 17.0 Å². The standard InChI is InChI=1S/C12H22N2O/c1-5-6-9(2)13-8-7-12-10(3)14-15-11(12)4/h9,13H,5-8H2,1-4H3. The van der Waals surface area contributed by atoms with E-state index in [-0.39, 0.29) is 0 Å². The highest BCUT2D eigenvalue weighted by Gasteiger charge is 2.08. The second-order valence-electron chi connectivity index (χ2n) is 4.20. The van der Waals surface area contributed by atoms with Crippen molar-refractivity contribution in [2.24, 2.45) is 0 Å². The third-order valence-electron chi connectivity index (χ3n) is 2.77. The highest BCUT2D eigenvalue weighted by atomic mass is 16.5. The summed E-state index contributed by atoms with van der Waals surface area (Å²) in [4.78, 5) is 0. The fourth-order valence-electron chi connectivity index (χ4n) is 1.84. The molecule has 1 heterocycles. The predicted molar refractivity (Wildman–Crippen MR) is 62.1 cm³/mol. The Morgan fingerprint density at radius 1 is 1.40 bits per heavy atom. The molecule has 0 aromatic carbocycles. The van der Waals surface area contributed by atoms with Crippen LogP contribution in [0.25, 0.3) is 0 Å². The molecular formula is C12H22N2O. The molecule has 0 amide bonds. The van der Waals surface area contributed by atoms with E-state index in [0.29, 0.717) is 6.04 Å². The van der Waals surface area contributed by atoms with Gasteiger partial charge in [0.1, 0.15) is 5.76 Å². The molecule has 0 aliphatic carbocycles. The van der Waals surface area contributed by atoms with Gasteiger partial charge in [-0.1, -0.05) is 18.5 Å². The Balaban J connectivity index is 2.31. The Bertz CT molecular complexity index is 274. The van der Waals surface area contributed by atoms with Crippen molar-refractivity contribution in [3.8, 4) is 0 Å². The zero-order chi connectivity index (χ0) is 11.3. The molecule has 1 unspecified atom stereocenters. The molecule has 0 fully saturated rings. The van der Waals surface area contributed by atoms with Gasteiger partial charge in [-0.3, -0.25) is 0 Å². The van der Waals surface area contributed by atoms with Crippen LogP contribution in [0.4, 0.5) is 0 Å². The van der Waals surface area contributed by atoms with Gasteiger partial charge in [-0.05, 0) is 40.2 Å². The Labute approximate surface area is 92.2 Å². The van der Waals surface area contributed by atoms with Gasteiger partial charge in [0, 0.05) is 11.6 Å². The summed E-state index contributed by atoms with van der Waals surface area (Å²) in [6.07, 6.45) is 3.48. The first kappa shape index (κ1) is 12.2. The van der Waals surface area contributed by atoms with Crippen molar-refractivity contribution in [3.63, 3.8) is 0 Å². The van der Waals surface area contributed by atoms with Crippen LogP contribution in [-0.4, -0.2) is 17.7 Å². The molecule has 1 atom stereocenters. The minimum Gasteiger partial charge on any atom is -0.361 e. The van der Waals surface area contributed by atoms with E-state index in [1.54, 1.807) is 0 Å². The molecule has 0 radical (unpaired) electrons. The van der Waals surface area contributed by atoms with E-state index in [1.807, 2.05) is 13.8 Å². The minimum atomic E-state index is 0.607. The molecule has 0 bridgehead atoms. The highest BCUT2D eigenvalue weighted by Crippen LogP contribution is 2.12. The zero-order valence-corrected chi connectivity index (χ0v) is 10.3. The van der Waals surface area contributed by atoms with E-state index < -0.39 is 0 Å². The summed E-state index contributed by atoms with van der Waals surface area (Å²) in [6.45, 7) is 9.43. The smallest absolute Gasteiger partial charge is 0.137 e. The normalized spacial score (nSPS) is 13.1. The van der Waals surface area contributed by atoms with Crippen molar-refractivity contribution < 1.29 is 4.52 Å². The quantitative estimate of drug-likeness (QED) is 0.784. The summed E-state index contributed by atoms with van der Waals surface area (Å²) >= 11 is 0. The maximum Gasteiger partial charge on any atom is 0.137 e. The van der Waals surface area contributed by atoms with Gasteiger partial charge in [-0.25, -0.2) is 0 Å². The number of aryl methyl sites for hydroxylation is 2. The molecule has 1 rings (SSSR count). The molecule has 1 aromatic heterocycles. The number of hydrogen-bond acceptors (Lipinski definition) is 3. The van der Waals surface area contributed by atoms with Gasteiger partial charge >= 0.3 is 0 Å². The minimum absolute atomic E-state index is 0.607. The third-order valence-corrected chi connectivity index (χ3v) is 2.77. The van der Waals surface area contributed by atoms with Crippen molar-refractivity contribution in [2.75, 3.05) is 6.54 Å². The number of aromatic nitrogens is 1. The molecule has 1 aromatic rings. The topological polar surface area (TPSA) is 38.1 Å². The van der Waals surface area contributed by atoms with Gasteiger partial charge in [-0.2, -0.15) is 0 Å². The van der Waals surface area contributed by atoms with Crippen molar-refractivity contribution in [1.29, 1.82) is 0 Å². The Morgan fingerprint density at radius 3 is 2.67 bits per heavy atom. The van der Waals surface area contributed by atoms with Crippen LogP contribution in [0.15, 0.2) is 4.52 Å². The first-order chi connectivity index (χ1) is 7.15. The highest BCUT2D eigenvalue weighted by molar-refractivity contribution is 5.20. The summed E-state index contributed by atoms with van der Waals surface area (Å²) in [7, 11) is 0. The van der Waals surface area contributed by atoms with Gasteiger partial charge in [0.2, 0.25) is 0 Å². The lowest BCUT2D eigenvalue weighted by Crippen LogP contribution is -2.27. The Hall–Kier alpha value is -0.830. The maximum absolute atomic E-state index is 5.12. The monoisotopic (exact) mass is 210 g/mol. The molecule has 0 saturated heterocycles. The molecule has 3 heteroatoms. The zero-order valence-electron chi connectivity index (χ0n) is 10.3. The molecule has 0 saturated carbocycles. The average Bonchev–Trinajstić information content (AvgIpc) is 2.49. The van der Waals surface area contributed by atoms with Gasteiger partial charge in [0.05, 0.1) is 5.69 Å². The van der Waals surface area contributed by atoms with Crippen molar-refractivity contribution >= 4 is 0 Å². The summed E-state index contributed by atoms with van der Waals surface area (Å²) in [5.41, 5.74) is 2.28. The van der Waals surface area contributed by atoms with E-state index in [1.165, 1.54) is 18.4 Å². The van der Waals surface area contributed by atoms with Crippen molar-refractivity contribution in [1.82, 2.24) is 10.5 Å².